The summed E-state index contributed by atoms with van der Waals surface area (Å²) in [7, 11) is 0. The zero-order chi connectivity index (χ0) is 30.5. The van der Waals surface area contributed by atoms with Gasteiger partial charge in [-0.1, -0.05) is 91.0 Å². The third-order valence-corrected chi connectivity index (χ3v) is 8.46. The number of rotatable bonds is 12. The molecule has 0 radical (unpaired) electrons. The molecule has 0 heterocycles. The van der Waals surface area contributed by atoms with E-state index in [1.54, 1.807) is 11.8 Å². The number of nitrogens with zero attached hydrogens (tertiary/aromatic N) is 2. The summed E-state index contributed by atoms with van der Waals surface area (Å²) < 4.78 is 11.9. The summed E-state index contributed by atoms with van der Waals surface area (Å²) in [5, 5.41) is 12.6. The minimum atomic E-state index is -1.13. The summed E-state index contributed by atoms with van der Waals surface area (Å²) in [5.41, 5.74) is 5.33. The van der Waals surface area contributed by atoms with Crippen molar-refractivity contribution < 1.29 is 24.2 Å². The molecule has 0 fully saturated rings. The molecule has 2 amide bonds. The first-order valence-electron chi connectivity index (χ1n) is 15.0. The van der Waals surface area contributed by atoms with Crippen LogP contribution in [0, 0.1) is 0 Å². The topological polar surface area (TPSA) is 79.3 Å². The summed E-state index contributed by atoms with van der Waals surface area (Å²) in [4.78, 5) is 30.3. The molecule has 4 aromatic rings. The number of hydrogen-bond donors (Lipinski definition) is 1. The summed E-state index contributed by atoms with van der Waals surface area (Å²) >= 11 is 0. The van der Waals surface area contributed by atoms with E-state index in [9.17, 15) is 14.7 Å². The number of carbonyl (C=O) groups is 2. The standard InChI is InChI=1S/C36H40N2O5/c1-5-42-35(43-6-2)25(4)37(22-27-16-13-15-26-14-7-8-17-28(26)27)34(39)24(3)38(36(40)41)23-33-31-20-11-9-18-29(31)30-19-10-12-21-32(30)33/h7-21,24-25,33,35H,5-6,22-23H2,1-4H3,(H,40,41)/t24-,25-/m0/s1. The summed E-state index contributed by atoms with van der Waals surface area (Å²) in [6.45, 7) is 8.65. The number of carbonyl (C=O) groups excluding carboxylic acids is 1. The Morgan fingerprint density at radius 2 is 1.33 bits per heavy atom. The second-order valence-corrected chi connectivity index (χ2v) is 11.0. The van der Waals surface area contributed by atoms with Crippen LogP contribution in [-0.4, -0.2) is 65.0 Å². The molecule has 0 aromatic heterocycles. The maximum Gasteiger partial charge on any atom is 0.408 e. The molecule has 0 unspecified atom stereocenters. The number of benzene rings is 4. The molecule has 2 atom stereocenters. The summed E-state index contributed by atoms with van der Waals surface area (Å²) in [5.74, 6) is -0.478. The highest BCUT2D eigenvalue weighted by Gasteiger charge is 2.38. The van der Waals surface area contributed by atoms with E-state index in [0.717, 1.165) is 38.6 Å². The average molecular weight is 581 g/mol. The zero-order valence-electron chi connectivity index (χ0n) is 25.3. The predicted molar refractivity (Wildman–Crippen MR) is 169 cm³/mol. The van der Waals surface area contributed by atoms with Crippen LogP contribution >= 0.6 is 0 Å². The lowest BCUT2D eigenvalue weighted by Gasteiger charge is -2.38. The van der Waals surface area contributed by atoms with Crippen LogP contribution in [0.15, 0.2) is 91.0 Å². The largest absolute Gasteiger partial charge is 0.465 e. The fraction of sp³-hybridized carbons (Fsp3) is 0.333. The van der Waals surface area contributed by atoms with Gasteiger partial charge in [0.05, 0.1) is 6.04 Å². The molecule has 4 aromatic carbocycles. The van der Waals surface area contributed by atoms with Crippen LogP contribution in [0.1, 0.15) is 50.3 Å². The van der Waals surface area contributed by atoms with Crippen molar-refractivity contribution in [2.75, 3.05) is 19.8 Å². The van der Waals surface area contributed by atoms with Crippen molar-refractivity contribution >= 4 is 22.8 Å². The fourth-order valence-electron chi connectivity index (χ4n) is 6.27. The smallest absolute Gasteiger partial charge is 0.408 e. The first-order valence-corrected chi connectivity index (χ1v) is 15.0. The molecule has 43 heavy (non-hydrogen) atoms. The lowest BCUT2D eigenvalue weighted by atomic mass is 9.95. The maximum absolute atomic E-state index is 14.5. The van der Waals surface area contributed by atoms with Gasteiger partial charge in [0.2, 0.25) is 5.91 Å². The Balaban J connectivity index is 1.49. The van der Waals surface area contributed by atoms with Gasteiger partial charge in [0.15, 0.2) is 6.29 Å². The van der Waals surface area contributed by atoms with E-state index < -0.39 is 24.5 Å². The van der Waals surface area contributed by atoms with Gasteiger partial charge < -0.3 is 19.5 Å². The lowest BCUT2D eigenvalue weighted by Crippen LogP contribution is -2.55. The quantitative estimate of drug-likeness (QED) is 0.180. The second-order valence-electron chi connectivity index (χ2n) is 11.0. The second kappa shape index (κ2) is 13.4. The van der Waals surface area contributed by atoms with Gasteiger partial charge in [-0.25, -0.2) is 4.79 Å². The molecule has 1 aliphatic carbocycles. The van der Waals surface area contributed by atoms with Gasteiger partial charge in [0.1, 0.15) is 6.04 Å². The Morgan fingerprint density at radius 3 is 1.93 bits per heavy atom. The average Bonchev–Trinajstić information content (AvgIpc) is 3.34. The first kappa shape index (κ1) is 30.3. The molecule has 0 saturated carbocycles. The zero-order valence-corrected chi connectivity index (χ0v) is 25.3. The van der Waals surface area contributed by atoms with Gasteiger partial charge in [-0.05, 0) is 66.3 Å². The van der Waals surface area contributed by atoms with Gasteiger partial charge >= 0.3 is 6.09 Å². The van der Waals surface area contributed by atoms with E-state index in [-0.39, 0.29) is 24.9 Å². The highest BCUT2D eigenvalue weighted by Crippen LogP contribution is 2.45. The Morgan fingerprint density at radius 1 is 0.767 bits per heavy atom. The van der Waals surface area contributed by atoms with Crippen LogP contribution in [-0.2, 0) is 20.8 Å². The molecule has 1 aliphatic rings. The third-order valence-electron chi connectivity index (χ3n) is 8.46. The predicted octanol–water partition coefficient (Wildman–Crippen LogP) is 7.14. The number of hydrogen-bond acceptors (Lipinski definition) is 4. The van der Waals surface area contributed by atoms with Gasteiger partial charge in [0, 0.05) is 32.2 Å². The van der Waals surface area contributed by atoms with Crippen LogP contribution < -0.4 is 0 Å². The van der Waals surface area contributed by atoms with Crippen molar-refractivity contribution in [3.8, 4) is 11.1 Å². The minimum Gasteiger partial charge on any atom is -0.465 e. The molecule has 5 rings (SSSR count). The monoisotopic (exact) mass is 580 g/mol. The molecule has 0 bridgehead atoms. The normalized spacial score (nSPS) is 13.9. The third kappa shape index (κ3) is 6.14. The van der Waals surface area contributed by atoms with Crippen molar-refractivity contribution in [3.63, 3.8) is 0 Å². The maximum atomic E-state index is 14.5. The van der Waals surface area contributed by atoms with Crippen molar-refractivity contribution in [2.24, 2.45) is 0 Å². The highest BCUT2D eigenvalue weighted by molar-refractivity contribution is 5.88. The first-order chi connectivity index (χ1) is 20.8. The van der Waals surface area contributed by atoms with Gasteiger partial charge in [-0.2, -0.15) is 0 Å². The van der Waals surface area contributed by atoms with E-state index in [1.165, 1.54) is 4.90 Å². The van der Waals surface area contributed by atoms with Gasteiger partial charge in [-0.3, -0.25) is 9.69 Å². The Hall–Kier alpha value is -4.20. The van der Waals surface area contributed by atoms with E-state index >= 15 is 0 Å². The van der Waals surface area contributed by atoms with Crippen molar-refractivity contribution in [3.05, 3.63) is 108 Å². The summed E-state index contributed by atoms with van der Waals surface area (Å²) in [6, 6.07) is 28.9. The van der Waals surface area contributed by atoms with Crippen LogP contribution in [0.25, 0.3) is 21.9 Å². The van der Waals surface area contributed by atoms with E-state index in [2.05, 4.69) is 24.3 Å². The molecule has 0 spiro atoms. The molecule has 0 aliphatic heterocycles. The molecular formula is C36H40N2O5. The SMILES string of the molecule is CCOC(OCC)[C@H](C)N(Cc1cccc2ccccc12)C(=O)[C@H](C)N(CC1c2ccccc2-c2ccccc21)C(=O)O. The molecule has 1 N–H and O–H groups in total. The van der Waals surface area contributed by atoms with Crippen LogP contribution in [0.5, 0.6) is 0 Å². The van der Waals surface area contributed by atoms with Crippen LogP contribution in [0.3, 0.4) is 0 Å². The van der Waals surface area contributed by atoms with Crippen LogP contribution in [0.4, 0.5) is 4.79 Å². The van der Waals surface area contributed by atoms with Crippen molar-refractivity contribution in [1.82, 2.24) is 9.80 Å². The molecular weight excluding hydrogens is 540 g/mol. The van der Waals surface area contributed by atoms with Gasteiger partial charge in [-0.15, -0.1) is 0 Å². The fourth-order valence-corrected chi connectivity index (χ4v) is 6.27. The number of carboxylic acid groups (broad SMARTS) is 1. The number of amides is 2. The molecule has 0 saturated heterocycles. The molecule has 224 valence electrons. The minimum absolute atomic E-state index is 0.160. The van der Waals surface area contributed by atoms with Crippen molar-refractivity contribution in [2.45, 2.75) is 58.5 Å². The van der Waals surface area contributed by atoms with Crippen molar-refractivity contribution in [1.29, 1.82) is 0 Å². The number of ether oxygens (including phenoxy) is 2. The Kier molecular flexibility index (Phi) is 9.43. The van der Waals surface area contributed by atoms with E-state index in [4.69, 9.17) is 9.47 Å². The van der Waals surface area contributed by atoms with Crippen LogP contribution in [0.2, 0.25) is 0 Å². The lowest BCUT2D eigenvalue weighted by molar-refractivity contribution is -0.180. The molecule has 7 heteroatoms. The Labute approximate surface area is 253 Å². The Bertz CT molecular complexity index is 1530. The van der Waals surface area contributed by atoms with Gasteiger partial charge in [0.25, 0.3) is 0 Å². The summed E-state index contributed by atoms with van der Waals surface area (Å²) in [6.07, 6.45) is -1.79. The molecule has 7 nitrogen and oxygen atoms in total. The number of fused-ring (bicyclic) bond motifs is 4. The highest BCUT2D eigenvalue weighted by atomic mass is 16.7. The van der Waals surface area contributed by atoms with E-state index in [0.29, 0.717) is 13.2 Å². The van der Waals surface area contributed by atoms with E-state index in [1.807, 2.05) is 87.5 Å².